The molecule has 2 fully saturated rings. The minimum atomic E-state index is -0.250. The fourth-order valence-electron chi connectivity index (χ4n) is 3.43. The highest BCUT2D eigenvalue weighted by Crippen LogP contribution is 2.19. The molecule has 1 aromatic rings. The Kier molecular flexibility index (Phi) is 7.50. The molecule has 2 aliphatic heterocycles. The maximum atomic E-state index is 12.3. The summed E-state index contributed by atoms with van der Waals surface area (Å²) >= 11 is 0. The van der Waals surface area contributed by atoms with Crippen LogP contribution in [0.2, 0.25) is 0 Å². The summed E-state index contributed by atoms with van der Waals surface area (Å²) in [5.41, 5.74) is 1.97. The van der Waals surface area contributed by atoms with Crippen LogP contribution in [0.5, 0.6) is 0 Å². The van der Waals surface area contributed by atoms with Crippen LogP contribution in [0.15, 0.2) is 24.3 Å². The summed E-state index contributed by atoms with van der Waals surface area (Å²) in [4.78, 5) is 30.2. The van der Waals surface area contributed by atoms with Gasteiger partial charge in [0.15, 0.2) is 0 Å². The monoisotopic (exact) mass is 390 g/mol. The van der Waals surface area contributed by atoms with E-state index >= 15 is 0 Å². The number of hydrogen-bond donors (Lipinski definition) is 1. The van der Waals surface area contributed by atoms with Crippen LogP contribution in [0.3, 0.4) is 0 Å². The number of hydrogen-bond acceptors (Lipinski definition) is 6. The molecule has 8 nitrogen and oxygen atoms in total. The van der Waals surface area contributed by atoms with Crippen LogP contribution in [-0.2, 0) is 14.3 Å². The first-order chi connectivity index (χ1) is 13.7. The summed E-state index contributed by atoms with van der Waals surface area (Å²) in [5.74, 6) is 0.00643. The van der Waals surface area contributed by atoms with Crippen LogP contribution < -0.4 is 10.2 Å². The second-order valence-corrected chi connectivity index (χ2v) is 6.97. The first-order valence-electron chi connectivity index (χ1n) is 10.0. The molecule has 0 unspecified atom stereocenters. The number of anilines is 2. The van der Waals surface area contributed by atoms with Crippen LogP contribution in [0, 0.1) is 0 Å². The van der Waals surface area contributed by atoms with Crippen LogP contribution in [0.25, 0.3) is 0 Å². The molecule has 2 heterocycles. The number of morpholine rings is 1. The van der Waals surface area contributed by atoms with Crippen molar-refractivity contribution in [2.24, 2.45) is 0 Å². The highest BCUT2D eigenvalue weighted by atomic mass is 16.6. The zero-order valence-electron chi connectivity index (χ0n) is 16.6. The van der Waals surface area contributed by atoms with E-state index in [9.17, 15) is 9.59 Å². The molecule has 1 aromatic carbocycles. The van der Waals surface area contributed by atoms with E-state index in [-0.39, 0.29) is 12.0 Å². The van der Waals surface area contributed by atoms with Gasteiger partial charge in [-0.05, 0) is 31.2 Å². The average molecular weight is 390 g/mol. The molecule has 0 saturated carbocycles. The van der Waals surface area contributed by atoms with E-state index in [1.165, 1.54) is 0 Å². The molecule has 0 aromatic heterocycles. The van der Waals surface area contributed by atoms with E-state index in [1.807, 2.05) is 31.2 Å². The molecule has 8 heteroatoms. The standard InChI is InChI=1S/C20H30N4O4/c1-2-28-20(26)24-11-9-22(10-12-24)8-7-19(25)21-17-3-5-18(6-4-17)23-13-15-27-16-14-23/h3-6H,2,7-16H2,1H3,(H,21,25). The summed E-state index contributed by atoms with van der Waals surface area (Å²) in [6.07, 6.45) is 0.186. The first-order valence-corrected chi connectivity index (χ1v) is 10.0. The molecule has 2 aliphatic rings. The Labute approximate surface area is 166 Å². The molecule has 0 aliphatic carbocycles. The lowest BCUT2D eigenvalue weighted by Gasteiger charge is -2.33. The number of amides is 2. The Morgan fingerprint density at radius 1 is 1.04 bits per heavy atom. The fourth-order valence-corrected chi connectivity index (χ4v) is 3.43. The maximum Gasteiger partial charge on any atom is 0.409 e. The lowest BCUT2D eigenvalue weighted by molar-refractivity contribution is -0.116. The minimum Gasteiger partial charge on any atom is -0.450 e. The number of nitrogens with one attached hydrogen (secondary N) is 1. The van der Waals surface area contributed by atoms with E-state index in [0.29, 0.717) is 32.7 Å². The number of carbonyl (C=O) groups is 2. The van der Waals surface area contributed by atoms with Gasteiger partial charge in [-0.3, -0.25) is 9.69 Å². The molecule has 0 spiro atoms. The first kappa shape index (κ1) is 20.4. The maximum absolute atomic E-state index is 12.3. The molecule has 0 radical (unpaired) electrons. The van der Waals surface area contributed by atoms with Crippen molar-refractivity contribution in [2.75, 3.05) is 75.9 Å². The second-order valence-electron chi connectivity index (χ2n) is 6.97. The van der Waals surface area contributed by atoms with Crippen LogP contribution in [0.1, 0.15) is 13.3 Å². The number of rotatable bonds is 6. The second kappa shape index (κ2) is 10.3. The molecule has 2 amide bonds. The lowest BCUT2D eigenvalue weighted by Crippen LogP contribution is -2.49. The topological polar surface area (TPSA) is 74.4 Å². The highest BCUT2D eigenvalue weighted by Gasteiger charge is 2.22. The molecule has 3 rings (SSSR count). The number of ether oxygens (including phenoxy) is 2. The van der Waals surface area contributed by atoms with Crippen molar-refractivity contribution in [2.45, 2.75) is 13.3 Å². The third-order valence-corrected chi connectivity index (χ3v) is 5.08. The molecule has 154 valence electrons. The summed E-state index contributed by atoms with van der Waals surface area (Å²) < 4.78 is 10.4. The lowest BCUT2D eigenvalue weighted by atomic mass is 10.2. The highest BCUT2D eigenvalue weighted by molar-refractivity contribution is 5.91. The SMILES string of the molecule is CCOC(=O)N1CCN(CCC(=O)Nc2ccc(N3CCOCC3)cc2)CC1. The summed E-state index contributed by atoms with van der Waals surface area (Å²) in [6, 6.07) is 7.96. The van der Waals surface area contributed by atoms with Crippen LogP contribution in [-0.4, -0.2) is 87.4 Å². The third kappa shape index (κ3) is 5.84. The molecule has 0 bridgehead atoms. The van der Waals surface area contributed by atoms with Crippen molar-refractivity contribution in [1.82, 2.24) is 9.80 Å². The Balaban J connectivity index is 1.37. The Morgan fingerprint density at radius 2 is 1.71 bits per heavy atom. The van der Waals surface area contributed by atoms with Gasteiger partial charge < -0.3 is 24.6 Å². The normalized spacial score (nSPS) is 18.0. The third-order valence-electron chi connectivity index (χ3n) is 5.08. The predicted octanol–water partition coefficient (Wildman–Crippen LogP) is 1.63. The van der Waals surface area contributed by atoms with Crippen LogP contribution >= 0.6 is 0 Å². The van der Waals surface area contributed by atoms with Gasteiger partial charge in [0.1, 0.15) is 0 Å². The zero-order chi connectivity index (χ0) is 19.8. The number of benzene rings is 1. The molecule has 28 heavy (non-hydrogen) atoms. The van der Waals surface area contributed by atoms with Gasteiger partial charge in [0.2, 0.25) is 5.91 Å². The van der Waals surface area contributed by atoms with Gasteiger partial charge in [0.25, 0.3) is 0 Å². The van der Waals surface area contributed by atoms with Gasteiger partial charge in [-0.1, -0.05) is 0 Å². The Morgan fingerprint density at radius 3 is 2.36 bits per heavy atom. The summed E-state index contributed by atoms with van der Waals surface area (Å²) in [6.45, 7) is 9.01. The van der Waals surface area contributed by atoms with E-state index in [0.717, 1.165) is 50.8 Å². The smallest absolute Gasteiger partial charge is 0.409 e. The van der Waals surface area contributed by atoms with Gasteiger partial charge in [0, 0.05) is 63.6 Å². The molecular weight excluding hydrogens is 360 g/mol. The molecule has 1 N–H and O–H groups in total. The summed E-state index contributed by atoms with van der Waals surface area (Å²) in [5, 5.41) is 2.96. The van der Waals surface area contributed by atoms with E-state index in [2.05, 4.69) is 15.1 Å². The fraction of sp³-hybridized carbons (Fsp3) is 0.600. The van der Waals surface area contributed by atoms with Crippen molar-refractivity contribution in [3.05, 3.63) is 24.3 Å². The van der Waals surface area contributed by atoms with E-state index in [4.69, 9.17) is 9.47 Å². The minimum absolute atomic E-state index is 0.00643. The zero-order valence-corrected chi connectivity index (χ0v) is 16.6. The van der Waals surface area contributed by atoms with Crippen molar-refractivity contribution < 1.29 is 19.1 Å². The average Bonchev–Trinajstić information content (AvgIpc) is 2.74. The molecular formula is C20H30N4O4. The van der Waals surface area contributed by atoms with Gasteiger partial charge in [-0.25, -0.2) is 4.79 Å². The van der Waals surface area contributed by atoms with Gasteiger partial charge in [-0.2, -0.15) is 0 Å². The molecule has 2 saturated heterocycles. The van der Waals surface area contributed by atoms with E-state index < -0.39 is 0 Å². The van der Waals surface area contributed by atoms with Crippen molar-refractivity contribution >= 4 is 23.4 Å². The van der Waals surface area contributed by atoms with Gasteiger partial charge >= 0.3 is 6.09 Å². The van der Waals surface area contributed by atoms with Crippen LogP contribution in [0.4, 0.5) is 16.2 Å². The Hall–Kier alpha value is -2.32. The number of piperazine rings is 1. The largest absolute Gasteiger partial charge is 0.450 e. The van der Waals surface area contributed by atoms with Gasteiger partial charge in [-0.15, -0.1) is 0 Å². The Bertz CT molecular complexity index is 638. The number of carbonyl (C=O) groups excluding carboxylic acids is 2. The number of nitrogens with zero attached hydrogens (tertiary/aromatic N) is 3. The summed E-state index contributed by atoms with van der Waals surface area (Å²) in [7, 11) is 0. The van der Waals surface area contributed by atoms with E-state index in [1.54, 1.807) is 4.90 Å². The quantitative estimate of drug-likeness (QED) is 0.796. The predicted molar refractivity (Wildman–Crippen MR) is 108 cm³/mol. The van der Waals surface area contributed by atoms with Crippen molar-refractivity contribution in [3.8, 4) is 0 Å². The van der Waals surface area contributed by atoms with Crippen molar-refractivity contribution in [3.63, 3.8) is 0 Å². The van der Waals surface area contributed by atoms with Gasteiger partial charge in [0.05, 0.1) is 19.8 Å². The van der Waals surface area contributed by atoms with Crippen molar-refractivity contribution in [1.29, 1.82) is 0 Å². The molecule has 0 atom stereocenters.